The van der Waals surface area contributed by atoms with Gasteiger partial charge >= 0.3 is 0 Å². The number of hydrogen-bond donors (Lipinski definition) is 2. The van der Waals surface area contributed by atoms with Gasteiger partial charge in [0.2, 0.25) is 0 Å². The highest BCUT2D eigenvalue weighted by Crippen LogP contribution is 2.37. The van der Waals surface area contributed by atoms with E-state index in [0.29, 0.717) is 33.8 Å². The van der Waals surface area contributed by atoms with Crippen molar-refractivity contribution in [2.45, 2.75) is 32.9 Å². The van der Waals surface area contributed by atoms with E-state index >= 15 is 0 Å². The molecule has 0 atom stereocenters. The molecule has 0 heterocycles. The third-order valence-corrected chi connectivity index (χ3v) is 4.94. The number of halogens is 3. The second-order valence-electron chi connectivity index (χ2n) is 7.12. The van der Waals surface area contributed by atoms with Gasteiger partial charge in [-0.05, 0) is 51.1 Å². The molecule has 0 saturated carbocycles. The van der Waals surface area contributed by atoms with Crippen LogP contribution in [0.3, 0.4) is 0 Å². The number of amides is 1. The van der Waals surface area contributed by atoms with Gasteiger partial charge in [0.05, 0.1) is 17.8 Å². The predicted octanol–water partition coefficient (Wildman–Crippen LogP) is 5.67. The molecular formula is C20H23BrCl2N2O3. The highest BCUT2D eigenvalue weighted by molar-refractivity contribution is 9.10. The summed E-state index contributed by atoms with van der Waals surface area (Å²) in [6.45, 7) is 5.99. The summed E-state index contributed by atoms with van der Waals surface area (Å²) in [5.74, 6) is 0.790. The van der Waals surface area contributed by atoms with Gasteiger partial charge in [0.25, 0.3) is 5.91 Å². The molecule has 0 unspecified atom stereocenters. The van der Waals surface area contributed by atoms with E-state index in [9.17, 15) is 4.79 Å². The number of rotatable bonds is 7. The molecule has 0 spiro atoms. The number of methoxy groups -OCH3 is 1. The van der Waals surface area contributed by atoms with Gasteiger partial charge in [0, 0.05) is 27.1 Å². The molecule has 2 aromatic carbocycles. The van der Waals surface area contributed by atoms with E-state index in [-0.39, 0.29) is 18.1 Å². The Balaban J connectivity index is 2.23. The Morgan fingerprint density at radius 1 is 1.18 bits per heavy atom. The molecule has 0 radical (unpaired) electrons. The topological polar surface area (TPSA) is 59.6 Å². The molecule has 2 rings (SSSR count). The van der Waals surface area contributed by atoms with Crippen molar-refractivity contribution >= 4 is 50.7 Å². The highest BCUT2D eigenvalue weighted by Gasteiger charge is 2.18. The van der Waals surface area contributed by atoms with Crippen molar-refractivity contribution in [2.75, 3.05) is 19.0 Å². The molecule has 2 N–H and O–H groups in total. The predicted molar refractivity (Wildman–Crippen MR) is 118 cm³/mol. The third-order valence-electron chi connectivity index (χ3n) is 3.63. The van der Waals surface area contributed by atoms with E-state index in [2.05, 4.69) is 26.6 Å². The van der Waals surface area contributed by atoms with Crippen LogP contribution in [0.25, 0.3) is 0 Å². The fraction of sp³-hybridized carbons (Fsp3) is 0.350. The lowest BCUT2D eigenvalue weighted by atomic mass is 10.1. The fourth-order valence-corrected chi connectivity index (χ4v) is 3.28. The smallest absolute Gasteiger partial charge is 0.258 e. The van der Waals surface area contributed by atoms with E-state index in [4.69, 9.17) is 32.7 Å². The molecule has 1 amide bonds. The molecule has 0 fully saturated rings. The van der Waals surface area contributed by atoms with Crippen molar-refractivity contribution in [3.8, 4) is 11.5 Å². The Morgan fingerprint density at radius 2 is 1.89 bits per heavy atom. The van der Waals surface area contributed by atoms with Crippen LogP contribution in [0.15, 0.2) is 34.8 Å². The maximum Gasteiger partial charge on any atom is 0.258 e. The molecule has 28 heavy (non-hydrogen) atoms. The Labute approximate surface area is 183 Å². The average Bonchev–Trinajstić information content (AvgIpc) is 2.60. The summed E-state index contributed by atoms with van der Waals surface area (Å²) in [6, 6.07) is 8.82. The van der Waals surface area contributed by atoms with Gasteiger partial charge in [-0.3, -0.25) is 4.79 Å². The average molecular weight is 490 g/mol. The number of nitrogens with one attached hydrogen (secondary N) is 2. The lowest BCUT2D eigenvalue weighted by Crippen LogP contribution is -2.43. The van der Waals surface area contributed by atoms with Gasteiger partial charge in [-0.2, -0.15) is 0 Å². The molecule has 0 bridgehead atoms. The van der Waals surface area contributed by atoms with Crippen LogP contribution in [-0.2, 0) is 11.3 Å². The van der Waals surface area contributed by atoms with Gasteiger partial charge in [-0.1, -0.05) is 39.1 Å². The SMILES string of the molecule is COc1ccc(Br)c(CNc2cc(Cl)ccc2Cl)c1OCC(=O)NC(C)(C)C. The minimum atomic E-state index is -0.338. The summed E-state index contributed by atoms with van der Waals surface area (Å²) in [5.41, 5.74) is 1.15. The van der Waals surface area contributed by atoms with Crippen LogP contribution in [0.1, 0.15) is 26.3 Å². The van der Waals surface area contributed by atoms with Gasteiger partial charge in [-0.15, -0.1) is 0 Å². The number of carbonyl (C=O) groups excluding carboxylic acids is 1. The molecule has 8 heteroatoms. The number of carbonyl (C=O) groups is 1. The summed E-state index contributed by atoms with van der Waals surface area (Å²) >= 11 is 15.8. The quantitative estimate of drug-likeness (QED) is 0.526. The fourth-order valence-electron chi connectivity index (χ4n) is 2.47. The lowest BCUT2D eigenvalue weighted by Gasteiger charge is -2.22. The van der Waals surface area contributed by atoms with Crippen LogP contribution < -0.4 is 20.1 Å². The zero-order valence-corrected chi connectivity index (χ0v) is 19.3. The van der Waals surface area contributed by atoms with Gasteiger partial charge in [0.15, 0.2) is 18.1 Å². The van der Waals surface area contributed by atoms with Crippen molar-refractivity contribution in [1.29, 1.82) is 0 Å². The van der Waals surface area contributed by atoms with Gasteiger partial charge in [0.1, 0.15) is 0 Å². The normalized spacial score (nSPS) is 11.1. The van der Waals surface area contributed by atoms with E-state index < -0.39 is 0 Å². The molecule has 2 aromatic rings. The molecular weight excluding hydrogens is 467 g/mol. The molecule has 0 aromatic heterocycles. The third kappa shape index (κ3) is 6.47. The zero-order chi connectivity index (χ0) is 20.9. The van der Waals surface area contributed by atoms with Gasteiger partial charge < -0.3 is 20.1 Å². The van der Waals surface area contributed by atoms with E-state index in [1.807, 2.05) is 26.8 Å². The van der Waals surface area contributed by atoms with Crippen LogP contribution in [0.2, 0.25) is 10.0 Å². The number of ether oxygens (including phenoxy) is 2. The van der Waals surface area contributed by atoms with Crippen LogP contribution in [-0.4, -0.2) is 25.2 Å². The minimum absolute atomic E-state index is 0.130. The molecule has 152 valence electrons. The first-order valence-electron chi connectivity index (χ1n) is 8.59. The Morgan fingerprint density at radius 3 is 2.54 bits per heavy atom. The largest absolute Gasteiger partial charge is 0.493 e. The molecule has 0 saturated heterocycles. The standard InChI is InChI=1S/C20H23BrCl2N2O3/c1-20(2,3)25-18(26)11-28-19-13(14(21)6-8-17(19)27-4)10-24-16-9-12(22)5-7-15(16)23/h5-9,24H,10-11H2,1-4H3,(H,25,26). The summed E-state index contributed by atoms with van der Waals surface area (Å²) in [4.78, 5) is 12.2. The minimum Gasteiger partial charge on any atom is -0.493 e. The number of hydrogen-bond acceptors (Lipinski definition) is 4. The molecule has 0 aliphatic rings. The summed E-state index contributed by atoms with van der Waals surface area (Å²) in [6.07, 6.45) is 0. The van der Waals surface area contributed by atoms with Crippen molar-refractivity contribution in [3.05, 3.63) is 50.4 Å². The summed E-state index contributed by atoms with van der Waals surface area (Å²) in [7, 11) is 1.55. The maximum atomic E-state index is 12.2. The second kappa shape index (κ2) is 9.72. The lowest BCUT2D eigenvalue weighted by molar-refractivity contribution is -0.124. The van der Waals surface area contributed by atoms with Crippen LogP contribution in [0.5, 0.6) is 11.5 Å². The van der Waals surface area contributed by atoms with Crippen LogP contribution in [0.4, 0.5) is 5.69 Å². The zero-order valence-electron chi connectivity index (χ0n) is 16.2. The Kier molecular flexibility index (Phi) is 7.87. The van der Waals surface area contributed by atoms with E-state index in [1.165, 1.54) is 0 Å². The Bertz CT molecular complexity index is 854. The highest BCUT2D eigenvalue weighted by atomic mass is 79.9. The summed E-state index contributed by atoms with van der Waals surface area (Å²) in [5, 5.41) is 7.24. The second-order valence-corrected chi connectivity index (χ2v) is 8.82. The first-order chi connectivity index (χ1) is 13.1. The van der Waals surface area contributed by atoms with E-state index in [1.54, 1.807) is 31.4 Å². The van der Waals surface area contributed by atoms with Crippen LogP contribution in [0, 0.1) is 0 Å². The molecule has 0 aliphatic carbocycles. The number of anilines is 1. The Hall–Kier alpha value is -1.63. The first kappa shape index (κ1) is 22.7. The monoisotopic (exact) mass is 488 g/mol. The maximum absolute atomic E-state index is 12.2. The van der Waals surface area contributed by atoms with Gasteiger partial charge in [-0.25, -0.2) is 0 Å². The number of benzene rings is 2. The van der Waals surface area contributed by atoms with E-state index in [0.717, 1.165) is 10.0 Å². The van der Waals surface area contributed by atoms with Crippen molar-refractivity contribution in [1.82, 2.24) is 5.32 Å². The van der Waals surface area contributed by atoms with Crippen LogP contribution >= 0.6 is 39.1 Å². The van der Waals surface area contributed by atoms with Crippen molar-refractivity contribution in [2.24, 2.45) is 0 Å². The molecule has 5 nitrogen and oxygen atoms in total. The van der Waals surface area contributed by atoms with Crippen molar-refractivity contribution in [3.63, 3.8) is 0 Å². The first-order valence-corrected chi connectivity index (χ1v) is 10.1. The van der Waals surface area contributed by atoms with Crippen molar-refractivity contribution < 1.29 is 14.3 Å². The molecule has 0 aliphatic heterocycles. The summed E-state index contributed by atoms with van der Waals surface area (Å²) < 4.78 is 12.1.